The Morgan fingerprint density at radius 3 is 2.25 bits per heavy atom. The zero-order valence-electron chi connectivity index (χ0n) is 20.2. The normalized spacial score (nSPS) is 17.5. The van der Waals surface area contributed by atoms with Crippen molar-refractivity contribution in [2.45, 2.75) is 32.9 Å². The van der Waals surface area contributed by atoms with E-state index in [9.17, 15) is 19.7 Å². The molecule has 0 aliphatic carbocycles. The van der Waals surface area contributed by atoms with E-state index in [1.807, 2.05) is 12.1 Å². The van der Waals surface area contributed by atoms with Crippen molar-refractivity contribution in [3.8, 4) is 0 Å². The molecule has 0 saturated carbocycles. The lowest BCUT2D eigenvalue weighted by Gasteiger charge is -2.30. The number of ether oxygens (including phenoxy) is 2. The van der Waals surface area contributed by atoms with E-state index < -0.39 is 22.8 Å². The van der Waals surface area contributed by atoms with E-state index >= 15 is 0 Å². The number of esters is 2. The average Bonchev–Trinajstić information content (AvgIpc) is 3.25. The lowest BCUT2D eigenvalue weighted by Crippen LogP contribution is -2.33. The molecule has 0 radical (unpaired) electrons. The minimum atomic E-state index is -1.14. The molecule has 188 valence electrons. The molecular formula is C26H26ClN3O6. The highest BCUT2D eigenvalue weighted by Gasteiger charge is 2.42. The number of fused-ring (bicyclic) bond motifs is 1. The van der Waals surface area contributed by atoms with Crippen LogP contribution in [0.4, 0.5) is 5.69 Å². The number of hydrogen-bond acceptors (Lipinski definition) is 8. The molecule has 0 saturated heterocycles. The molecule has 10 heteroatoms. The van der Waals surface area contributed by atoms with Crippen molar-refractivity contribution in [2.75, 3.05) is 20.3 Å². The number of nitrogens with zero attached hydrogens (tertiary/aromatic N) is 2. The maximum absolute atomic E-state index is 13.4. The fourth-order valence-electron chi connectivity index (χ4n) is 4.81. The number of nitro benzene ring substituents is 1. The third-order valence-corrected chi connectivity index (χ3v) is 6.78. The second-order valence-electron chi connectivity index (χ2n) is 8.67. The van der Waals surface area contributed by atoms with Gasteiger partial charge in [0.1, 0.15) is 6.61 Å². The van der Waals surface area contributed by atoms with Crippen LogP contribution in [0.3, 0.4) is 0 Å². The van der Waals surface area contributed by atoms with Crippen LogP contribution in [0, 0.1) is 10.1 Å². The number of dihydropyridines is 1. The number of halogens is 1. The highest BCUT2D eigenvalue weighted by Crippen LogP contribution is 2.45. The number of nitro groups is 1. The van der Waals surface area contributed by atoms with Gasteiger partial charge >= 0.3 is 11.9 Å². The molecule has 2 aromatic carbocycles. The Morgan fingerprint density at radius 1 is 1.06 bits per heavy atom. The molecule has 36 heavy (non-hydrogen) atoms. The molecule has 9 nitrogen and oxygen atoms in total. The van der Waals surface area contributed by atoms with Gasteiger partial charge in [-0.25, -0.2) is 9.59 Å². The SMILES string of the molecule is COC(=O)C1=C(C)NC(C)=C(C(=O)OCCN2Cc3ccccc3C2)C1c1c(Cl)cccc1[N+](=O)[O-]. The summed E-state index contributed by atoms with van der Waals surface area (Å²) in [4.78, 5) is 39.7. The molecule has 0 bridgehead atoms. The van der Waals surface area contributed by atoms with E-state index in [-0.39, 0.29) is 34.0 Å². The summed E-state index contributed by atoms with van der Waals surface area (Å²) in [6.07, 6.45) is 0. The Kier molecular flexibility index (Phi) is 7.42. The predicted molar refractivity (Wildman–Crippen MR) is 133 cm³/mol. The molecule has 2 aliphatic rings. The molecule has 0 aromatic heterocycles. The largest absolute Gasteiger partial charge is 0.466 e. The number of nitrogens with one attached hydrogen (secondary N) is 1. The quantitative estimate of drug-likeness (QED) is 0.334. The highest BCUT2D eigenvalue weighted by atomic mass is 35.5. The van der Waals surface area contributed by atoms with Crippen molar-refractivity contribution in [2.24, 2.45) is 0 Å². The smallest absolute Gasteiger partial charge is 0.336 e. The third kappa shape index (κ3) is 4.84. The van der Waals surface area contributed by atoms with Crippen molar-refractivity contribution in [1.29, 1.82) is 0 Å². The Morgan fingerprint density at radius 2 is 1.67 bits per heavy atom. The predicted octanol–water partition coefficient (Wildman–Crippen LogP) is 4.22. The number of carbonyl (C=O) groups excluding carboxylic acids is 2. The van der Waals surface area contributed by atoms with Crippen LogP contribution < -0.4 is 5.32 Å². The third-order valence-electron chi connectivity index (χ3n) is 6.45. The Bertz CT molecular complexity index is 1280. The lowest BCUT2D eigenvalue weighted by atomic mass is 9.79. The number of methoxy groups -OCH3 is 1. The molecule has 2 aromatic rings. The molecular weight excluding hydrogens is 486 g/mol. The summed E-state index contributed by atoms with van der Waals surface area (Å²) in [7, 11) is 1.21. The number of rotatable bonds is 7. The van der Waals surface area contributed by atoms with Gasteiger partial charge in [0.15, 0.2) is 0 Å². The summed E-state index contributed by atoms with van der Waals surface area (Å²) in [6, 6.07) is 12.4. The van der Waals surface area contributed by atoms with Crippen LogP contribution in [0.1, 0.15) is 36.5 Å². The van der Waals surface area contributed by atoms with E-state index in [2.05, 4.69) is 22.3 Å². The van der Waals surface area contributed by atoms with Crippen molar-refractivity contribution in [1.82, 2.24) is 10.2 Å². The fourth-order valence-corrected chi connectivity index (χ4v) is 5.09. The molecule has 2 aliphatic heterocycles. The van der Waals surface area contributed by atoms with Crippen LogP contribution in [0.15, 0.2) is 65.0 Å². The number of hydrogen-bond donors (Lipinski definition) is 1. The van der Waals surface area contributed by atoms with Crippen molar-refractivity contribution >= 4 is 29.2 Å². The van der Waals surface area contributed by atoms with Gasteiger partial charge in [-0.15, -0.1) is 0 Å². The van der Waals surface area contributed by atoms with E-state index in [0.29, 0.717) is 17.9 Å². The zero-order valence-corrected chi connectivity index (χ0v) is 20.9. The van der Waals surface area contributed by atoms with Crippen molar-refractivity contribution in [3.63, 3.8) is 0 Å². The van der Waals surface area contributed by atoms with Gasteiger partial charge in [0.2, 0.25) is 0 Å². The van der Waals surface area contributed by atoms with Gasteiger partial charge in [-0.2, -0.15) is 0 Å². The molecule has 0 fully saturated rings. The van der Waals surface area contributed by atoms with Crippen molar-refractivity contribution < 1.29 is 24.0 Å². The maximum Gasteiger partial charge on any atom is 0.336 e. The van der Waals surface area contributed by atoms with E-state index in [1.54, 1.807) is 13.8 Å². The average molecular weight is 512 g/mol. The topological polar surface area (TPSA) is 111 Å². The first kappa shape index (κ1) is 25.4. The second-order valence-corrected chi connectivity index (χ2v) is 9.08. The van der Waals surface area contributed by atoms with Gasteiger partial charge in [0.25, 0.3) is 5.69 Å². The monoisotopic (exact) mass is 511 g/mol. The van der Waals surface area contributed by atoms with Crippen LogP contribution in [0.25, 0.3) is 0 Å². The van der Waals surface area contributed by atoms with Crippen LogP contribution in [0.2, 0.25) is 5.02 Å². The van der Waals surface area contributed by atoms with E-state index in [4.69, 9.17) is 21.1 Å². The first-order valence-corrected chi connectivity index (χ1v) is 11.8. The highest BCUT2D eigenvalue weighted by molar-refractivity contribution is 6.32. The summed E-state index contributed by atoms with van der Waals surface area (Å²) < 4.78 is 10.6. The maximum atomic E-state index is 13.4. The Balaban J connectivity index is 1.63. The Labute approximate surface area is 213 Å². The lowest BCUT2D eigenvalue weighted by molar-refractivity contribution is -0.385. The fraction of sp³-hybridized carbons (Fsp3) is 0.308. The van der Waals surface area contributed by atoms with Crippen LogP contribution in [-0.2, 0) is 32.2 Å². The number of benzene rings is 2. The number of carbonyl (C=O) groups is 2. The summed E-state index contributed by atoms with van der Waals surface area (Å²) >= 11 is 6.44. The van der Waals surface area contributed by atoms with Crippen LogP contribution in [0.5, 0.6) is 0 Å². The summed E-state index contributed by atoms with van der Waals surface area (Å²) in [5.74, 6) is -2.56. The van der Waals surface area contributed by atoms with E-state index in [1.165, 1.54) is 36.4 Å². The summed E-state index contributed by atoms with van der Waals surface area (Å²) in [5.41, 5.74) is 3.16. The molecule has 1 unspecified atom stereocenters. The van der Waals surface area contributed by atoms with E-state index in [0.717, 1.165) is 13.1 Å². The van der Waals surface area contributed by atoms with Crippen LogP contribution >= 0.6 is 11.6 Å². The molecule has 0 spiro atoms. The van der Waals surface area contributed by atoms with Gasteiger partial charge in [0, 0.05) is 37.1 Å². The molecule has 1 atom stereocenters. The molecule has 0 amide bonds. The van der Waals surface area contributed by atoms with Gasteiger partial charge in [-0.3, -0.25) is 15.0 Å². The van der Waals surface area contributed by atoms with Gasteiger partial charge < -0.3 is 14.8 Å². The molecule has 1 N–H and O–H groups in total. The standard InChI is InChI=1S/C26H26ClN3O6/c1-15-21(25(31)35-3)24(23-19(27)9-6-10-20(23)30(33)34)22(16(2)28-15)26(32)36-12-11-29-13-17-7-4-5-8-18(17)14-29/h4-10,24,28H,11-14H2,1-3H3. The van der Waals surface area contributed by atoms with Crippen LogP contribution in [-0.4, -0.2) is 42.0 Å². The Hall–Kier alpha value is -3.69. The number of allylic oxidation sites excluding steroid dienone is 2. The minimum Gasteiger partial charge on any atom is -0.466 e. The minimum absolute atomic E-state index is 0.0340. The molecule has 2 heterocycles. The summed E-state index contributed by atoms with van der Waals surface area (Å²) in [5, 5.41) is 15.0. The zero-order chi connectivity index (χ0) is 26.0. The van der Waals surface area contributed by atoms with Crippen molar-refractivity contribution in [3.05, 3.63) is 96.8 Å². The van der Waals surface area contributed by atoms with Gasteiger partial charge in [-0.05, 0) is 31.0 Å². The summed E-state index contributed by atoms with van der Waals surface area (Å²) in [6.45, 7) is 5.44. The molecule has 4 rings (SSSR count). The second kappa shape index (κ2) is 10.5. The first-order chi connectivity index (χ1) is 17.2. The van der Waals surface area contributed by atoms with Gasteiger partial charge in [0.05, 0.1) is 39.7 Å². The van der Waals surface area contributed by atoms with Gasteiger partial charge in [-0.1, -0.05) is 41.9 Å². The first-order valence-electron chi connectivity index (χ1n) is 11.4.